The quantitative estimate of drug-likeness (QED) is 0.677. The number of hydrogen-bond donors (Lipinski definition) is 2. The Balaban J connectivity index is 1.61. The Morgan fingerprint density at radius 1 is 1.22 bits per heavy atom. The molecule has 0 unspecified atom stereocenters. The lowest BCUT2D eigenvalue weighted by atomic mass is 9.99. The molecule has 0 radical (unpaired) electrons. The summed E-state index contributed by atoms with van der Waals surface area (Å²) in [4.78, 5) is 12.9. The predicted molar refractivity (Wildman–Crippen MR) is 110 cm³/mol. The van der Waals surface area contributed by atoms with Gasteiger partial charge in [0.05, 0.1) is 11.8 Å². The molecule has 4 rings (SSSR count). The van der Waals surface area contributed by atoms with Crippen LogP contribution in [0.5, 0.6) is 0 Å². The molecule has 0 spiro atoms. The minimum atomic E-state index is -0.249. The van der Waals surface area contributed by atoms with Crippen LogP contribution in [0.1, 0.15) is 53.1 Å². The number of nitrogens with zero attached hydrogens (tertiary/aromatic N) is 2. The maximum atomic E-state index is 12.9. The van der Waals surface area contributed by atoms with Gasteiger partial charge in [-0.25, -0.2) is 0 Å². The van der Waals surface area contributed by atoms with E-state index in [2.05, 4.69) is 52.3 Å². The average Bonchev–Trinajstić information content (AvgIpc) is 3.25. The molecule has 2 aromatic heterocycles. The first kappa shape index (κ1) is 17.8. The number of anilines is 1. The van der Waals surface area contributed by atoms with Crippen molar-refractivity contribution in [3.8, 4) is 11.1 Å². The predicted octanol–water partition coefficient (Wildman–Crippen LogP) is 4.65. The Kier molecular flexibility index (Phi) is 4.74. The molecule has 1 aromatic carbocycles. The van der Waals surface area contributed by atoms with E-state index >= 15 is 0 Å². The number of aromatic nitrogens is 2. The van der Waals surface area contributed by atoms with Crippen LogP contribution in [0.3, 0.4) is 0 Å². The number of carbonyl (C=O) groups excluding carboxylic acids is 1. The Morgan fingerprint density at radius 2 is 2.00 bits per heavy atom. The van der Waals surface area contributed by atoms with E-state index in [0.717, 1.165) is 39.4 Å². The number of nitrogens with one attached hydrogen (secondary N) is 2. The number of unbranched alkanes of at least 4 members (excludes halogenated alkanes) is 1. The summed E-state index contributed by atoms with van der Waals surface area (Å²) < 4.78 is 1.82. The fraction of sp³-hybridized carbons (Fsp3) is 0.333. The van der Waals surface area contributed by atoms with Crippen molar-refractivity contribution in [3.05, 3.63) is 58.2 Å². The van der Waals surface area contributed by atoms with Gasteiger partial charge in [0, 0.05) is 29.2 Å². The summed E-state index contributed by atoms with van der Waals surface area (Å²) in [7, 11) is 1.91. The third-order valence-electron chi connectivity index (χ3n) is 5.24. The summed E-state index contributed by atoms with van der Waals surface area (Å²) in [5, 5.41) is 13.8. The highest BCUT2D eigenvalue weighted by molar-refractivity contribution is 7.15. The van der Waals surface area contributed by atoms with Gasteiger partial charge in [0.2, 0.25) is 0 Å². The molecule has 0 aliphatic carbocycles. The van der Waals surface area contributed by atoms with E-state index in [4.69, 9.17) is 0 Å². The number of hydrogen-bond acceptors (Lipinski definition) is 4. The number of benzene rings is 1. The Bertz CT molecular complexity index is 971. The number of carbonyl (C=O) groups is 1. The van der Waals surface area contributed by atoms with Gasteiger partial charge in [0.25, 0.3) is 5.91 Å². The molecule has 0 bridgehead atoms. The molecule has 3 aromatic rings. The highest BCUT2D eigenvalue weighted by atomic mass is 32.1. The standard InChI is InChI=1S/C21H24N4OS/c1-4-5-6-14-7-9-15(10-8-14)17-12-27-21-18(17)20(26)23-19(24-21)16-11-22-25(3)13(16)2/h7-12,19,24H,4-6H2,1-3H3,(H,23,26)/t19-/m0/s1. The summed E-state index contributed by atoms with van der Waals surface area (Å²) in [5.74, 6) is -0.0386. The van der Waals surface area contributed by atoms with E-state index in [9.17, 15) is 4.79 Å². The molecular formula is C21H24N4OS. The van der Waals surface area contributed by atoms with E-state index in [0.29, 0.717) is 0 Å². The van der Waals surface area contributed by atoms with Crippen molar-refractivity contribution in [2.75, 3.05) is 5.32 Å². The Hall–Kier alpha value is -2.60. The number of thiophene rings is 1. The molecule has 2 N–H and O–H groups in total. The lowest BCUT2D eigenvalue weighted by molar-refractivity contribution is 0.0937. The van der Waals surface area contributed by atoms with E-state index in [1.54, 1.807) is 11.3 Å². The second-order valence-electron chi connectivity index (χ2n) is 7.01. The van der Waals surface area contributed by atoms with Crippen molar-refractivity contribution in [1.29, 1.82) is 0 Å². The van der Waals surface area contributed by atoms with Gasteiger partial charge in [0.1, 0.15) is 11.2 Å². The second-order valence-corrected chi connectivity index (χ2v) is 7.89. The first-order chi connectivity index (χ1) is 13.1. The van der Waals surface area contributed by atoms with Crippen molar-refractivity contribution in [2.24, 2.45) is 7.05 Å². The molecule has 0 fully saturated rings. The molecule has 27 heavy (non-hydrogen) atoms. The smallest absolute Gasteiger partial charge is 0.256 e. The van der Waals surface area contributed by atoms with Crippen LogP contribution >= 0.6 is 11.3 Å². The highest BCUT2D eigenvalue weighted by Gasteiger charge is 2.30. The molecule has 1 aliphatic heterocycles. The van der Waals surface area contributed by atoms with Crippen LogP contribution in [-0.2, 0) is 13.5 Å². The van der Waals surface area contributed by atoms with Crippen LogP contribution in [0.25, 0.3) is 11.1 Å². The lowest BCUT2D eigenvalue weighted by Gasteiger charge is -2.26. The number of fused-ring (bicyclic) bond motifs is 1. The molecule has 3 heterocycles. The Labute approximate surface area is 163 Å². The largest absolute Gasteiger partial charge is 0.352 e. The van der Waals surface area contributed by atoms with Crippen molar-refractivity contribution in [3.63, 3.8) is 0 Å². The zero-order chi connectivity index (χ0) is 19.0. The highest BCUT2D eigenvalue weighted by Crippen LogP contribution is 2.40. The summed E-state index contributed by atoms with van der Waals surface area (Å²) >= 11 is 1.58. The third kappa shape index (κ3) is 3.25. The van der Waals surface area contributed by atoms with E-state index < -0.39 is 0 Å². The zero-order valence-electron chi connectivity index (χ0n) is 15.9. The monoisotopic (exact) mass is 380 g/mol. The van der Waals surface area contributed by atoms with Crippen LogP contribution in [0, 0.1) is 6.92 Å². The van der Waals surface area contributed by atoms with Gasteiger partial charge < -0.3 is 10.6 Å². The van der Waals surface area contributed by atoms with Gasteiger partial charge >= 0.3 is 0 Å². The molecular weight excluding hydrogens is 356 g/mol. The van der Waals surface area contributed by atoms with E-state index in [1.165, 1.54) is 18.4 Å². The normalized spacial score (nSPS) is 16.0. The van der Waals surface area contributed by atoms with Gasteiger partial charge in [-0.1, -0.05) is 37.6 Å². The molecule has 6 heteroatoms. The number of amides is 1. The molecule has 1 aliphatic rings. The van der Waals surface area contributed by atoms with Crippen LogP contribution in [0.4, 0.5) is 5.00 Å². The zero-order valence-corrected chi connectivity index (χ0v) is 16.7. The van der Waals surface area contributed by atoms with Gasteiger partial charge in [0.15, 0.2) is 0 Å². The topological polar surface area (TPSA) is 59.0 Å². The van der Waals surface area contributed by atoms with Crippen LogP contribution in [0.15, 0.2) is 35.8 Å². The molecule has 140 valence electrons. The van der Waals surface area contributed by atoms with Crippen molar-refractivity contribution < 1.29 is 4.79 Å². The number of rotatable bonds is 5. The molecule has 1 amide bonds. The van der Waals surface area contributed by atoms with Crippen molar-refractivity contribution >= 4 is 22.2 Å². The van der Waals surface area contributed by atoms with Crippen LogP contribution in [0.2, 0.25) is 0 Å². The number of aryl methyl sites for hydroxylation is 2. The molecule has 0 saturated carbocycles. The third-order valence-corrected chi connectivity index (χ3v) is 6.15. The van der Waals surface area contributed by atoms with Gasteiger partial charge in [-0.3, -0.25) is 9.48 Å². The van der Waals surface area contributed by atoms with Crippen molar-refractivity contribution in [2.45, 2.75) is 39.3 Å². The minimum absolute atomic E-state index is 0.0386. The minimum Gasteiger partial charge on any atom is -0.352 e. The fourth-order valence-electron chi connectivity index (χ4n) is 3.46. The lowest BCUT2D eigenvalue weighted by Crippen LogP contribution is -2.38. The first-order valence-corrected chi connectivity index (χ1v) is 10.2. The summed E-state index contributed by atoms with van der Waals surface area (Å²) in [6, 6.07) is 8.59. The van der Waals surface area contributed by atoms with Crippen molar-refractivity contribution in [1.82, 2.24) is 15.1 Å². The summed E-state index contributed by atoms with van der Waals surface area (Å²) in [6.07, 6.45) is 5.06. The summed E-state index contributed by atoms with van der Waals surface area (Å²) in [5.41, 5.74) is 6.19. The molecule has 5 nitrogen and oxygen atoms in total. The second kappa shape index (κ2) is 7.19. The SMILES string of the molecule is CCCCc1ccc(-c2csc3c2C(=O)N[C@H](c2cnn(C)c2C)N3)cc1. The van der Waals surface area contributed by atoms with E-state index in [1.807, 2.05) is 24.9 Å². The Morgan fingerprint density at radius 3 is 2.67 bits per heavy atom. The van der Waals surface area contributed by atoms with Gasteiger partial charge in [-0.2, -0.15) is 5.10 Å². The maximum Gasteiger partial charge on any atom is 0.256 e. The maximum absolute atomic E-state index is 12.9. The van der Waals surface area contributed by atoms with Gasteiger partial charge in [-0.05, 0) is 30.9 Å². The molecule has 1 atom stereocenters. The fourth-order valence-corrected chi connectivity index (χ4v) is 4.45. The van der Waals surface area contributed by atoms with Crippen LogP contribution < -0.4 is 10.6 Å². The summed E-state index contributed by atoms with van der Waals surface area (Å²) in [6.45, 7) is 4.21. The van der Waals surface area contributed by atoms with Crippen LogP contribution in [-0.4, -0.2) is 15.7 Å². The average molecular weight is 381 g/mol. The molecule has 0 saturated heterocycles. The van der Waals surface area contributed by atoms with E-state index in [-0.39, 0.29) is 12.1 Å². The van der Waals surface area contributed by atoms with Gasteiger partial charge in [-0.15, -0.1) is 11.3 Å². The first-order valence-electron chi connectivity index (χ1n) is 9.35.